The third-order valence-corrected chi connectivity index (χ3v) is 3.65. The number of amides is 2. The number of hydrogen-bond acceptors (Lipinski definition) is 3. The Hall–Kier alpha value is -2.86. The molecule has 1 heterocycles. The van der Waals surface area contributed by atoms with Crippen LogP contribution in [0, 0.1) is 0 Å². The molecular formula is C18H21N5O. The Bertz CT molecular complexity index is 823. The first-order valence-corrected chi connectivity index (χ1v) is 7.81. The van der Waals surface area contributed by atoms with Gasteiger partial charge in [0.25, 0.3) is 0 Å². The van der Waals surface area contributed by atoms with Gasteiger partial charge in [0.2, 0.25) is 0 Å². The van der Waals surface area contributed by atoms with Crippen LogP contribution in [0.15, 0.2) is 54.9 Å². The topological polar surface area (TPSA) is 62.2 Å². The monoisotopic (exact) mass is 323 g/mol. The fourth-order valence-electron chi connectivity index (χ4n) is 2.51. The van der Waals surface area contributed by atoms with Crippen LogP contribution in [0.2, 0.25) is 0 Å². The van der Waals surface area contributed by atoms with Gasteiger partial charge < -0.3 is 10.2 Å². The lowest BCUT2D eigenvalue weighted by Gasteiger charge is -2.11. The molecule has 0 aliphatic carbocycles. The van der Waals surface area contributed by atoms with Crippen LogP contribution < -0.4 is 10.7 Å². The van der Waals surface area contributed by atoms with Gasteiger partial charge in [0.1, 0.15) is 6.33 Å². The largest absolute Gasteiger partial charge is 0.334 e. The minimum absolute atomic E-state index is 0.268. The van der Waals surface area contributed by atoms with Gasteiger partial charge in [0.05, 0.1) is 11.0 Å². The summed E-state index contributed by atoms with van der Waals surface area (Å²) in [6.07, 6.45) is 1.60. The number of aromatic nitrogens is 2. The van der Waals surface area contributed by atoms with Crippen LogP contribution in [0.1, 0.15) is 11.1 Å². The molecule has 2 aromatic carbocycles. The van der Waals surface area contributed by atoms with Crippen LogP contribution in [-0.2, 0) is 13.1 Å². The number of carbonyl (C=O) groups excluding carboxylic acids is 1. The van der Waals surface area contributed by atoms with E-state index in [1.807, 2.05) is 50.5 Å². The molecule has 0 spiro atoms. The van der Waals surface area contributed by atoms with Gasteiger partial charge in [-0.05, 0) is 37.4 Å². The molecule has 3 rings (SSSR count). The van der Waals surface area contributed by atoms with Crippen LogP contribution in [0.5, 0.6) is 0 Å². The van der Waals surface area contributed by atoms with Crippen molar-refractivity contribution in [3.05, 3.63) is 66.0 Å². The van der Waals surface area contributed by atoms with Gasteiger partial charge in [-0.3, -0.25) is 0 Å². The van der Waals surface area contributed by atoms with Crippen LogP contribution in [-0.4, -0.2) is 34.7 Å². The molecule has 124 valence electrons. The van der Waals surface area contributed by atoms with E-state index in [2.05, 4.69) is 32.8 Å². The summed E-state index contributed by atoms with van der Waals surface area (Å²) in [7, 11) is 4.08. The van der Waals surface area contributed by atoms with Crippen molar-refractivity contribution in [1.82, 2.24) is 19.9 Å². The van der Waals surface area contributed by atoms with Gasteiger partial charge in [0.15, 0.2) is 0 Å². The first-order valence-electron chi connectivity index (χ1n) is 7.81. The third-order valence-electron chi connectivity index (χ3n) is 3.65. The fraction of sp³-hybridized carbons (Fsp3) is 0.222. The van der Waals surface area contributed by atoms with Crippen molar-refractivity contribution in [3.8, 4) is 0 Å². The van der Waals surface area contributed by atoms with Gasteiger partial charge in [0, 0.05) is 13.1 Å². The fourth-order valence-corrected chi connectivity index (χ4v) is 2.51. The summed E-state index contributed by atoms with van der Waals surface area (Å²) in [6, 6.07) is 15.6. The minimum Gasteiger partial charge on any atom is -0.333 e. The number of rotatable bonds is 5. The van der Waals surface area contributed by atoms with E-state index in [0.29, 0.717) is 6.54 Å². The first kappa shape index (κ1) is 16.0. The highest BCUT2D eigenvalue weighted by Gasteiger charge is 2.05. The van der Waals surface area contributed by atoms with Crippen LogP contribution >= 0.6 is 0 Å². The maximum absolute atomic E-state index is 12.1. The van der Waals surface area contributed by atoms with Gasteiger partial charge in [-0.15, -0.1) is 0 Å². The zero-order valence-electron chi connectivity index (χ0n) is 13.9. The molecule has 2 N–H and O–H groups in total. The third kappa shape index (κ3) is 3.91. The number of nitrogens with zero attached hydrogens (tertiary/aromatic N) is 3. The summed E-state index contributed by atoms with van der Waals surface area (Å²) in [5, 5.41) is 2.85. The van der Waals surface area contributed by atoms with Crippen LogP contribution in [0.4, 0.5) is 4.79 Å². The molecule has 0 unspecified atom stereocenters. The van der Waals surface area contributed by atoms with E-state index >= 15 is 0 Å². The van der Waals surface area contributed by atoms with E-state index in [-0.39, 0.29) is 6.03 Å². The summed E-state index contributed by atoms with van der Waals surface area (Å²) < 4.78 is 1.62. The van der Waals surface area contributed by atoms with E-state index in [9.17, 15) is 4.79 Å². The van der Waals surface area contributed by atoms with Crippen molar-refractivity contribution >= 4 is 17.1 Å². The minimum atomic E-state index is -0.268. The Morgan fingerprint density at radius 2 is 1.79 bits per heavy atom. The molecule has 2 amide bonds. The first-order chi connectivity index (χ1) is 11.6. The van der Waals surface area contributed by atoms with Crippen LogP contribution in [0.3, 0.4) is 0 Å². The van der Waals surface area contributed by atoms with E-state index in [4.69, 9.17) is 0 Å². The highest BCUT2D eigenvalue weighted by Crippen LogP contribution is 2.10. The molecule has 0 atom stereocenters. The molecule has 0 aliphatic heterocycles. The van der Waals surface area contributed by atoms with Crippen molar-refractivity contribution in [3.63, 3.8) is 0 Å². The second-order valence-corrected chi connectivity index (χ2v) is 5.95. The van der Waals surface area contributed by atoms with E-state index < -0.39 is 0 Å². The van der Waals surface area contributed by atoms with Crippen molar-refractivity contribution in [1.29, 1.82) is 0 Å². The molecule has 0 bridgehead atoms. The van der Waals surface area contributed by atoms with Gasteiger partial charge in [-0.25, -0.2) is 19.9 Å². The average molecular weight is 323 g/mol. The van der Waals surface area contributed by atoms with E-state index in [1.54, 1.807) is 11.0 Å². The molecule has 0 saturated carbocycles. The summed E-state index contributed by atoms with van der Waals surface area (Å²) in [5.41, 5.74) is 6.78. The molecule has 3 aromatic rings. The van der Waals surface area contributed by atoms with Gasteiger partial charge >= 0.3 is 6.03 Å². The average Bonchev–Trinajstić information content (AvgIpc) is 2.97. The second-order valence-electron chi connectivity index (χ2n) is 5.95. The maximum Gasteiger partial charge on any atom is 0.334 e. The summed E-state index contributed by atoms with van der Waals surface area (Å²) in [6.45, 7) is 1.38. The lowest BCUT2D eigenvalue weighted by atomic mass is 10.1. The standard InChI is InChI=1S/C18H21N5O/c1-22(2)12-15-9-7-14(8-10-15)11-19-18(24)21-23-13-20-16-5-3-4-6-17(16)23/h3-10,13H,11-12H2,1-2H3,(H2,19,21,24). The normalized spacial score (nSPS) is 11.0. The van der Waals surface area contributed by atoms with Crippen molar-refractivity contribution in [2.45, 2.75) is 13.1 Å². The number of benzene rings is 2. The number of nitrogens with one attached hydrogen (secondary N) is 2. The number of urea groups is 1. The number of fused-ring (bicyclic) bond motifs is 1. The Morgan fingerprint density at radius 3 is 2.54 bits per heavy atom. The summed E-state index contributed by atoms with van der Waals surface area (Å²) >= 11 is 0. The van der Waals surface area contributed by atoms with Crippen molar-refractivity contribution in [2.75, 3.05) is 19.5 Å². The highest BCUT2D eigenvalue weighted by molar-refractivity contribution is 5.85. The van der Waals surface area contributed by atoms with Gasteiger partial charge in [-0.1, -0.05) is 36.4 Å². The highest BCUT2D eigenvalue weighted by atomic mass is 16.2. The molecule has 0 aliphatic rings. The Morgan fingerprint density at radius 1 is 1.08 bits per heavy atom. The molecular weight excluding hydrogens is 302 g/mol. The molecule has 6 nitrogen and oxygen atoms in total. The SMILES string of the molecule is CN(C)Cc1ccc(CNC(=O)Nn2cnc3ccccc32)cc1. The summed E-state index contributed by atoms with van der Waals surface area (Å²) in [5.74, 6) is 0. The van der Waals surface area contributed by atoms with E-state index in [1.165, 1.54) is 5.56 Å². The van der Waals surface area contributed by atoms with Gasteiger partial charge in [-0.2, -0.15) is 0 Å². The molecule has 0 fully saturated rings. The zero-order valence-corrected chi connectivity index (χ0v) is 13.9. The molecule has 6 heteroatoms. The Balaban J connectivity index is 1.55. The number of carbonyl (C=O) groups is 1. The molecule has 0 saturated heterocycles. The maximum atomic E-state index is 12.1. The van der Waals surface area contributed by atoms with Crippen LogP contribution in [0.25, 0.3) is 11.0 Å². The molecule has 24 heavy (non-hydrogen) atoms. The predicted octanol–water partition coefficient (Wildman–Crippen LogP) is 2.55. The lowest BCUT2D eigenvalue weighted by molar-refractivity contribution is 0.249. The number of hydrogen-bond donors (Lipinski definition) is 2. The Kier molecular flexibility index (Phi) is 4.77. The van der Waals surface area contributed by atoms with Crippen molar-refractivity contribution in [2.24, 2.45) is 0 Å². The Labute approximate surface area is 141 Å². The predicted molar refractivity (Wildman–Crippen MR) is 95.2 cm³/mol. The zero-order chi connectivity index (χ0) is 16.9. The quantitative estimate of drug-likeness (QED) is 0.758. The van der Waals surface area contributed by atoms with E-state index in [0.717, 1.165) is 23.1 Å². The lowest BCUT2D eigenvalue weighted by Crippen LogP contribution is -2.33. The number of para-hydroxylation sites is 2. The van der Waals surface area contributed by atoms with Crippen molar-refractivity contribution < 1.29 is 4.79 Å². The smallest absolute Gasteiger partial charge is 0.333 e. The molecule has 0 radical (unpaired) electrons. The summed E-state index contributed by atoms with van der Waals surface area (Å²) in [4.78, 5) is 18.4. The molecule has 1 aromatic heterocycles. The number of imidazole rings is 1. The second kappa shape index (κ2) is 7.14.